The van der Waals surface area contributed by atoms with Crippen LogP contribution in [0.2, 0.25) is 15.1 Å². The lowest BCUT2D eigenvalue weighted by atomic mass is 10.1. The van der Waals surface area contributed by atoms with Gasteiger partial charge in [-0.25, -0.2) is 0 Å². The van der Waals surface area contributed by atoms with Crippen molar-refractivity contribution in [2.75, 3.05) is 19.4 Å². The summed E-state index contributed by atoms with van der Waals surface area (Å²) >= 11 is 18.1. The molecular formula is C18H17Cl3N2O3. The van der Waals surface area contributed by atoms with E-state index < -0.39 is 12.0 Å². The summed E-state index contributed by atoms with van der Waals surface area (Å²) in [5.74, 6) is -0.353. The molecule has 26 heavy (non-hydrogen) atoms. The van der Waals surface area contributed by atoms with E-state index in [1.807, 2.05) is 0 Å². The first-order chi connectivity index (χ1) is 12.2. The highest BCUT2D eigenvalue weighted by molar-refractivity contribution is 6.42. The average Bonchev–Trinajstić information content (AvgIpc) is 2.60. The highest BCUT2D eigenvalue weighted by atomic mass is 35.5. The minimum atomic E-state index is -0.866. The van der Waals surface area contributed by atoms with Crippen LogP contribution in [-0.2, 0) is 4.79 Å². The number of amides is 2. The van der Waals surface area contributed by atoms with Gasteiger partial charge in [-0.2, -0.15) is 0 Å². The molecule has 5 nitrogen and oxygen atoms in total. The number of carbonyl (C=O) groups excluding carboxylic acids is 2. The highest BCUT2D eigenvalue weighted by Gasteiger charge is 2.19. The summed E-state index contributed by atoms with van der Waals surface area (Å²) in [6, 6.07) is 9.55. The van der Waals surface area contributed by atoms with Gasteiger partial charge in [0.25, 0.3) is 11.8 Å². The molecule has 0 bridgehead atoms. The van der Waals surface area contributed by atoms with Crippen molar-refractivity contribution in [3.8, 4) is 5.75 Å². The van der Waals surface area contributed by atoms with E-state index in [1.165, 1.54) is 11.0 Å². The fraction of sp³-hybridized carbons (Fsp3) is 0.222. The van der Waals surface area contributed by atoms with E-state index >= 15 is 0 Å². The number of rotatable bonds is 5. The SMILES string of the molecule is CC(Oc1cccc(Cl)c1Cl)C(=O)Nc1cc(C(=O)N(C)C)ccc1Cl. The van der Waals surface area contributed by atoms with Crippen LogP contribution >= 0.6 is 34.8 Å². The first-order valence-corrected chi connectivity index (χ1v) is 8.77. The van der Waals surface area contributed by atoms with Crippen LogP contribution in [0.4, 0.5) is 5.69 Å². The van der Waals surface area contributed by atoms with Gasteiger partial charge < -0.3 is 15.0 Å². The van der Waals surface area contributed by atoms with Gasteiger partial charge in [0.1, 0.15) is 10.8 Å². The Hall–Kier alpha value is -1.95. The van der Waals surface area contributed by atoms with E-state index in [0.29, 0.717) is 27.0 Å². The van der Waals surface area contributed by atoms with Gasteiger partial charge in [0.2, 0.25) is 0 Å². The van der Waals surface area contributed by atoms with Crippen molar-refractivity contribution in [2.24, 2.45) is 0 Å². The van der Waals surface area contributed by atoms with Gasteiger partial charge in [0.05, 0.1) is 15.7 Å². The molecule has 0 saturated carbocycles. The first-order valence-electron chi connectivity index (χ1n) is 7.63. The molecule has 1 N–H and O–H groups in total. The molecule has 2 aromatic rings. The zero-order chi connectivity index (χ0) is 19.4. The predicted octanol–water partition coefficient (Wildman–Crippen LogP) is 4.75. The molecule has 1 unspecified atom stereocenters. The third-order valence-corrected chi connectivity index (χ3v) is 4.60. The second-order valence-electron chi connectivity index (χ2n) is 5.70. The molecule has 2 rings (SSSR count). The topological polar surface area (TPSA) is 58.6 Å². The first kappa shape index (κ1) is 20.4. The Balaban J connectivity index is 2.15. The van der Waals surface area contributed by atoms with E-state index in [4.69, 9.17) is 39.5 Å². The number of hydrogen-bond acceptors (Lipinski definition) is 3. The van der Waals surface area contributed by atoms with Gasteiger partial charge in [-0.05, 0) is 37.3 Å². The number of halogens is 3. The van der Waals surface area contributed by atoms with E-state index in [0.717, 1.165) is 0 Å². The maximum Gasteiger partial charge on any atom is 0.265 e. The van der Waals surface area contributed by atoms with E-state index in [-0.39, 0.29) is 10.9 Å². The molecule has 0 spiro atoms. The van der Waals surface area contributed by atoms with Gasteiger partial charge in [0, 0.05) is 19.7 Å². The molecule has 0 heterocycles. The normalized spacial score (nSPS) is 11.6. The number of ether oxygens (including phenoxy) is 1. The van der Waals surface area contributed by atoms with Crippen LogP contribution in [0, 0.1) is 0 Å². The van der Waals surface area contributed by atoms with Crippen molar-refractivity contribution < 1.29 is 14.3 Å². The smallest absolute Gasteiger partial charge is 0.265 e. The van der Waals surface area contributed by atoms with Crippen LogP contribution in [0.3, 0.4) is 0 Å². The Morgan fingerprint density at radius 2 is 1.77 bits per heavy atom. The second-order valence-corrected chi connectivity index (χ2v) is 6.89. The van der Waals surface area contributed by atoms with Crippen LogP contribution in [0.15, 0.2) is 36.4 Å². The van der Waals surface area contributed by atoms with Crippen molar-refractivity contribution in [1.29, 1.82) is 0 Å². The summed E-state index contributed by atoms with van der Waals surface area (Å²) in [6.45, 7) is 1.56. The van der Waals surface area contributed by atoms with Crippen molar-refractivity contribution in [3.63, 3.8) is 0 Å². The van der Waals surface area contributed by atoms with E-state index in [9.17, 15) is 9.59 Å². The zero-order valence-electron chi connectivity index (χ0n) is 14.3. The molecule has 8 heteroatoms. The Bertz CT molecular complexity index is 840. The van der Waals surface area contributed by atoms with Crippen molar-refractivity contribution in [3.05, 3.63) is 57.0 Å². The van der Waals surface area contributed by atoms with Gasteiger partial charge in [0.15, 0.2) is 6.10 Å². The van der Waals surface area contributed by atoms with Crippen LogP contribution in [0.1, 0.15) is 17.3 Å². The maximum atomic E-state index is 12.4. The van der Waals surface area contributed by atoms with Crippen LogP contribution < -0.4 is 10.1 Å². The standard InChI is InChI=1S/C18H17Cl3N2O3/c1-10(26-15-6-4-5-13(20)16(15)21)17(24)22-14-9-11(7-8-12(14)19)18(25)23(2)3/h4-10H,1-3H3,(H,22,24). The summed E-state index contributed by atoms with van der Waals surface area (Å²) < 4.78 is 5.57. The lowest BCUT2D eigenvalue weighted by Gasteiger charge is -2.17. The number of carbonyl (C=O) groups is 2. The van der Waals surface area contributed by atoms with Crippen LogP contribution in [-0.4, -0.2) is 36.9 Å². The summed E-state index contributed by atoms with van der Waals surface area (Å²) in [5.41, 5.74) is 0.721. The molecule has 0 fully saturated rings. The Morgan fingerprint density at radius 3 is 2.42 bits per heavy atom. The molecule has 0 aromatic heterocycles. The quantitative estimate of drug-likeness (QED) is 0.766. The molecule has 0 aliphatic carbocycles. The lowest BCUT2D eigenvalue weighted by Crippen LogP contribution is -2.30. The molecule has 0 radical (unpaired) electrons. The molecule has 0 saturated heterocycles. The van der Waals surface area contributed by atoms with Crippen molar-refractivity contribution >= 4 is 52.3 Å². The molecular weight excluding hydrogens is 399 g/mol. The fourth-order valence-corrected chi connectivity index (χ4v) is 2.57. The second kappa shape index (κ2) is 8.62. The number of nitrogens with zero attached hydrogens (tertiary/aromatic N) is 1. The van der Waals surface area contributed by atoms with Crippen molar-refractivity contribution in [2.45, 2.75) is 13.0 Å². The summed E-state index contributed by atoms with van der Waals surface area (Å²) in [5, 5.41) is 3.52. The van der Waals surface area contributed by atoms with Gasteiger partial charge in [-0.1, -0.05) is 40.9 Å². The maximum absolute atomic E-state index is 12.4. The highest BCUT2D eigenvalue weighted by Crippen LogP contribution is 2.32. The molecule has 0 aliphatic heterocycles. The number of benzene rings is 2. The van der Waals surface area contributed by atoms with Crippen LogP contribution in [0.5, 0.6) is 5.75 Å². The Morgan fingerprint density at radius 1 is 1.08 bits per heavy atom. The molecule has 0 aliphatic rings. The summed E-state index contributed by atoms with van der Waals surface area (Å²) in [7, 11) is 3.28. The minimum absolute atomic E-state index is 0.202. The zero-order valence-corrected chi connectivity index (χ0v) is 16.6. The van der Waals surface area contributed by atoms with Gasteiger partial charge in [-0.15, -0.1) is 0 Å². The summed E-state index contributed by atoms with van der Waals surface area (Å²) in [4.78, 5) is 25.9. The Kier molecular flexibility index (Phi) is 6.75. The number of nitrogens with one attached hydrogen (secondary N) is 1. The molecule has 2 amide bonds. The number of hydrogen-bond donors (Lipinski definition) is 1. The lowest BCUT2D eigenvalue weighted by molar-refractivity contribution is -0.122. The van der Waals surface area contributed by atoms with Crippen LogP contribution in [0.25, 0.3) is 0 Å². The van der Waals surface area contributed by atoms with E-state index in [1.54, 1.807) is 51.4 Å². The Labute approximate surface area is 166 Å². The monoisotopic (exact) mass is 414 g/mol. The largest absolute Gasteiger partial charge is 0.479 e. The molecule has 2 aromatic carbocycles. The molecule has 138 valence electrons. The minimum Gasteiger partial charge on any atom is -0.479 e. The number of anilines is 1. The predicted molar refractivity (Wildman–Crippen MR) is 105 cm³/mol. The fourth-order valence-electron chi connectivity index (χ4n) is 2.07. The van der Waals surface area contributed by atoms with Gasteiger partial charge >= 0.3 is 0 Å². The van der Waals surface area contributed by atoms with E-state index in [2.05, 4.69) is 5.32 Å². The van der Waals surface area contributed by atoms with Gasteiger partial charge in [-0.3, -0.25) is 9.59 Å². The summed E-state index contributed by atoms with van der Waals surface area (Å²) in [6.07, 6.45) is -0.866. The molecule has 1 atom stereocenters. The third kappa shape index (κ3) is 4.81. The third-order valence-electron chi connectivity index (χ3n) is 3.47. The average molecular weight is 416 g/mol. The van der Waals surface area contributed by atoms with Crippen molar-refractivity contribution in [1.82, 2.24) is 4.90 Å².